The summed E-state index contributed by atoms with van der Waals surface area (Å²) in [4.78, 5) is 25.2. The predicted molar refractivity (Wildman–Crippen MR) is 91.4 cm³/mol. The molecule has 6 nitrogen and oxygen atoms in total. The van der Waals surface area contributed by atoms with Gasteiger partial charge in [0.05, 0.1) is 11.3 Å². The zero-order valence-electron chi connectivity index (χ0n) is 13.8. The van der Waals surface area contributed by atoms with Gasteiger partial charge in [-0.15, -0.1) is 0 Å². The van der Waals surface area contributed by atoms with Crippen molar-refractivity contribution in [3.63, 3.8) is 0 Å². The number of nitriles is 1. The second kappa shape index (κ2) is 7.93. The molecule has 0 fully saturated rings. The minimum Gasteiger partial charge on any atom is -0.355 e. The lowest BCUT2D eigenvalue weighted by Gasteiger charge is -2.18. The fourth-order valence-electron chi connectivity index (χ4n) is 2.18. The minimum absolute atomic E-state index is 0.0525. The highest BCUT2D eigenvalue weighted by Gasteiger charge is 2.13. The van der Waals surface area contributed by atoms with Crippen molar-refractivity contribution < 1.29 is 14.0 Å². The molecule has 7 heteroatoms. The summed E-state index contributed by atoms with van der Waals surface area (Å²) in [7, 11) is 3.15. The average Bonchev–Trinajstić information content (AvgIpc) is 2.62. The number of benzene rings is 2. The molecule has 128 valence electrons. The minimum atomic E-state index is -0.542. The first kappa shape index (κ1) is 17.9. The average molecular weight is 340 g/mol. The Morgan fingerprint density at radius 1 is 1.20 bits per heavy atom. The van der Waals surface area contributed by atoms with E-state index in [1.54, 1.807) is 38.4 Å². The van der Waals surface area contributed by atoms with Crippen LogP contribution < -0.4 is 10.6 Å². The van der Waals surface area contributed by atoms with E-state index in [1.807, 2.05) is 6.07 Å². The van der Waals surface area contributed by atoms with Crippen LogP contribution in [0, 0.1) is 17.1 Å². The molecule has 3 amide bonds. The zero-order chi connectivity index (χ0) is 18.4. The van der Waals surface area contributed by atoms with Gasteiger partial charge in [0, 0.05) is 26.2 Å². The molecule has 0 saturated carbocycles. The third-order valence-electron chi connectivity index (χ3n) is 3.55. The van der Waals surface area contributed by atoms with Crippen LogP contribution in [-0.2, 0) is 6.54 Å². The molecule has 0 spiro atoms. The van der Waals surface area contributed by atoms with E-state index in [9.17, 15) is 14.0 Å². The Morgan fingerprint density at radius 2 is 1.88 bits per heavy atom. The standard InChI is InChI=1S/C18H17FN4O2/c1-21-17(24)13-5-3-12(4-6-13)11-23(2)18(25)22-16-8-7-15(19)9-14(16)10-20/h3-9H,11H2,1-2H3,(H,21,24)(H,22,25). The van der Waals surface area contributed by atoms with Gasteiger partial charge in [0.25, 0.3) is 5.91 Å². The number of carbonyl (C=O) groups excluding carboxylic acids is 2. The maximum absolute atomic E-state index is 13.1. The van der Waals surface area contributed by atoms with Crippen molar-refractivity contribution in [1.82, 2.24) is 10.2 Å². The number of hydrogen-bond donors (Lipinski definition) is 2. The van der Waals surface area contributed by atoms with E-state index in [0.717, 1.165) is 11.6 Å². The number of nitrogens with one attached hydrogen (secondary N) is 2. The molecule has 0 bridgehead atoms. The molecule has 2 N–H and O–H groups in total. The third-order valence-corrected chi connectivity index (χ3v) is 3.55. The van der Waals surface area contributed by atoms with E-state index in [-0.39, 0.29) is 17.2 Å². The van der Waals surface area contributed by atoms with Gasteiger partial charge in [-0.1, -0.05) is 12.1 Å². The van der Waals surface area contributed by atoms with Gasteiger partial charge in [-0.3, -0.25) is 4.79 Å². The SMILES string of the molecule is CNC(=O)c1ccc(CN(C)C(=O)Nc2ccc(F)cc2C#N)cc1. The molecule has 0 aliphatic heterocycles. The van der Waals surface area contributed by atoms with Crippen LogP contribution in [0.3, 0.4) is 0 Å². The highest BCUT2D eigenvalue weighted by Crippen LogP contribution is 2.17. The summed E-state index contributed by atoms with van der Waals surface area (Å²) in [6.07, 6.45) is 0. The van der Waals surface area contributed by atoms with E-state index in [4.69, 9.17) is 5.26 Å². The Morgan fingerprint density at radius 3 is 2.48 bits per heavy atom. The van der Waals surface area contributed by atoms with Crippen LogP contribution in [-0.4, -0.2) is 30.9 Å². The number of anilines is 1. The largest absolute Gasteiger partial charge is 0.355 e. The van der Waals surface area contributed by atoms with Crippen LogP contribution in [0.5, 0.6) is 0 Å². The summed E-state index contributed by atoms with van der Waals surface area (Å²) < 4.78 is 13.1. The molecular weight excluding hydrogens is 323 g/mol. The summed E-state index contributed by atoms with van der Waals surface area (Å²) in [6.45, 7) is 0.308. The molecule has 25 heavy (non-hydrogen) atoms. The van der Waals surface area contributed by atoms with Crippen LogP contribution in [0.1, 0.15) is 21.5 Å². The molecule has 0 aliphatic rings. The Hall–Kier alpha value is -3.40. The van der Waals surface area contributed by atoms with E-state index in [0.29, 0.717) is 12.1 Å². The van der Waals surface area contributed by atoms with E-state index in [1.165, 1.54) is 17.0 Å². The number of amides is 3. The number of carbonyl (C=O) groups is 2. The lowest BCUT2D eigenvalue weighted by Crippen LogP contribution is -2.31. The second-order valence-electron chi connectivity index (χ2n) is 5.36. The first-order valence-electron chi connectivity index (χ1n) is 7.47. The molecule has 0 radical (unpaired) electrons. The summed E-state index contributed by atoms with van der Waals surface area (Å²) >= 11 is 0. The monoisotopic (exact) mass is 340 g/mol. The van der Waals surface area contributed by atoms with Crippen molar-refractivity contribution in [3.05, 3.63) is 65.0 Å². The number of urea groups is 1. The van der Waals surface area contributed by atoms with E-state index < -0.39 is 11.8 Å². The molecule has 0 aromatic heterocycles. The quantitative estimate of drug-likeness (QED) is 0.897. The number of nitrogens with zero attached hydrogens (tertiary/aromatic N) is 2. The summed E-state index contributed by atoms with van der Waals surface area (Å²) in [5.74, 6) is -0.725. The van der Waals surface area contributed by atoms with E-state index >= 15 is 0 Å². The molecule has 0 heterocycles. The van der Waals surface area contributed by atoms with Gasteiger partial charge >= 0.3 is 6.03 Å². The van der Waals surface area contributed by atoms with Gasteiger partial charge in [0.2, 0.25) is 0 Å². The smallest absolute Gasteiger partial charge is 0.321 e. The van der Waals surface area contributed by atoms with Gasteiger partial charge in [0.15, 0.2) is 0 Å². The Labute approximate surface area is 144 Å². The van der Waals surface area contributed by atoms with Crippen molar-refractivity contribution in [2.45, 2.75) is 6.54 Å². The predicted octanol–water partition coefficient (Wildman–Crippen LogP) is 2.72. The molecule has 2 aromatic rings. The maximum Gasteiger partial charge on any atom is 0.321 e. The van der Waals surface area contributed by atoms with Crippen molar-refractivity contribution in [1.29, 1.82) is 5.26 Å². The van der Waals surface area contributed by atoms with Crippen LogP contribution in [0.2, 0.25) is 0 Å². The van der Waals surface area contributed by atoms with Crippen molar-refractivity contribution in [3.8, 4) is 6.07 Å². The van der Waals surface area contributed by atoms with Gasteiger partial charge in [-0.2, -0.15) is 5.26 Å². The fourth-order valence-corrected chi connectivity index (χ4v) is 2.18. The third kappa shape index (κ3) is 4.54. The van der Waals surface area contributed by atoms with Crippen LogP contribution >= 0.6 is 0 Å². The van der Waals surface area contributed by atoms with Gasteiger partial charge < -0.3 is 15.5 Å². The Kier molecular flexibility index (Phi) is 5.69. The van der Waals surface area contributed by atoms with Crippen LogP contribution in [0.4, 0.5) is 14.9 Å². The fraction of sp³-hybridized carbons (Fsp3) is 0.167. The molecular formula is C18H17FN4O2. The summed E-state index contributed by atoms with van der Waals surface area (Å²) in [6, 6.07) is 11.9. The zero-order valence-corrected chi connectivity index (χ0v) is 13.8. The Bertz CT molecular complexity index is 828. The summed E-state index contributed by atoms with van der Waals surface area (Å²) in [5.41, 5.74) is 1.67. The van der Waals surface area contributed by atoms with Crippen LogP contribution in [0.15, 0.2) is 42.5 Å². The highest BCUT2D eigenvalue weighted by atomic mass is 19.1. The molecule has 0 unspecified atom stereocenters. The maximum atomic E-state index is 13.1. The van der Waals surface area contributed by atoms with Gasteiger partial charge in [-0.05, 0) is 35.9 Å². The summed E-state index contributed by atoms with van der Waals surface area (Å²) in [5, 5.41) is 14.1. The molecule has 2 aromatic carbocycles. The molecule has 0 aliphatic carbocycles. The van der Waals surface area contributed by atoms with Crippen molar-refractivity contribution >= 4 is 17.6 Å². The topological polar surface area (TPSA) is 85.2 Å². The van der Waals surface area contributed by atoms with Crippen molar-refractivity contribution in [2.75, 3.05) is 19.4 Å². The lowest BCUT2D eigenvalue weighted by atomic mass is 10.1. The highest BCUT2D eigenvalue weighted by molar-refractivity contribution is 5.94. The number of rotatable bonds is 4. The number of halogens is 1. The normalized spacial score (nSPS) is 9.84. The molecule has 2 rings (SSSR count). The van der Waals surface area contributed by atoms with Gasteiger partial charge in [-0.25, -0.2) is 9.18 Å². The Balaban J connectivity index is 2.03. The second-order valence-corrected chi connectivity index (χ2v) is 5.36. The van der Waals surface area contributed by atoms with E-state index in [2.05, 4.69) is 10.6 Å². The van der Waals surface area contributed by atoms with Crippen molar-refractivity contribution in [2.24, 2.45) is 0 Å². The molecule has 0 atom stereocenters. The van der Waals surface area contributed by atoms with Crippen LogP contribution in [0.25, 0.3) is 0 Å². The first-order valence-corrected chi connectivity index (χ1v) is 7.47. The lowest BCUT2D eigenvalue weighted by molar-refractivity contribution is 0.0963. The first-order chi connectivity index (χ1) is 11.9. The van der Waals surface area contributed by atoms with Gasteiger partial charge in [0.1, 0.15) is 11.9 Å². The number of hydrogen-bond acceptors (Lipinski definition) is 3. The molecule has 0 saturated heterocycles.